The molecule has 1 aliphatic heterocycles. The highest BCUT2D eigenvalue weighted by molar-refractivity contribution is 5.88. The molecule has 0 N–H and O–H groups in total. The first-order valence-corrected chi connectivity index (χ1v) is 10.2. The minimum atomic E-state index is -0.412. The molecule has 5 rings (SSSR count). The number of aromatic nitrogens is 4. The largest absolute Gasteiger partial charge is 0.368 e. The van der Waals surface area contributed by atoms with Gasteiger partial charge in [-0.15, -0.1) is 0 Å². The smallest absolute Gasteiger partial charge is 0.338 e. The molecule has 0 saturated carbocycles. The topological polar surface area (TPSA) is 76.3 Å². The van der Waals surface area contributed by atoms with Gasteiger partial charge in [0, 0.05) is 44.5 Å². The van der Waals surface area contributed by atoms with Crippen molar-refractivity contribution in [2.45, 2.75) is 0 Å². The van der Waals surface area contributed by atoms with Gasteiger partial charge in [0.15, 0.2) is 11.5 Å². The van der Waals surface area contributed by atoms with Crippen LogP contribution in [0.5, 0.6) is 0 Å². The van der Waals surface area contributed by atoms with Gasteiger partial charge in [-0.2, -0.15) is 0 Å². The number of fused-ring (bicyclic) bond motifs is 1. The SMILES string of the molecule is Cn1c(=O)n(C(=O)N2CCN(c3ccccc3)CC2)c2cnc(-c3ccccc3)nc21. The maximum absolute atomic E-state index is 13.2. The van der Waals surface area contributed by atoms with E-state index < -0.39 is 5.69 Å². The minimum absolute atomic E-state index is 0.334. The van der Waals surface area contributed by atoms with Crippen molar-refractivity contribution in [1.29, 1.82) is 0 Å². The molecule has 1 saturated heterocycles. The van der Waals surface area contributed by atoms with Crippen LogP contribution >= 0.6 is 0 Å². The molecule has 0 aliphatic carbocycles. The van der Waals surface area contributed by atoms with E-state index in [1.165, 1.54) is 9.13 Å². The molecule has 3 heterocycles. The van der Waals surface area contributed by atoms with Gasteiger partial charge in [-0.25, -0.2) is 24.1 Å². The van der Waals surface area contributed by atoms with Crippen LogP contribution in [0.3, 0.4) is 0 Å². The van der Waals surface area contributed by atoms with Crippen LogP contribution in [0.2, 0.25) is 0 Å². The normalized spacial score (nSPS) is 14.2. The first-order valence-electron chi connectivity index (χ1n) is 10.2. The Morgan fingerprint density at radius 3 is 2.23 bits per heavy atom. The summed E-state index contributed by atoms with van der Waals surface area (Å²) in [4.78, 5) is 39.1. The molecule has 1 amide bonds. The molecule has 1 fully saturated rings. The van der Waals surface area contributed by atoms with E-state index in [2.05, 4.69) is 27.0 Å². The lowest BCUT2D eigenvalue weighted by molar-refractivity contribution is 0.196. The average molecular weight is 414 g/mol. The summed E-state index contributed by atoms with van der Waals surface area (Å²) >= 11 is 0. The van der Waals surface area contributed by atoms with E-state index in [-0.39, 0.29) is 6.03 Å². The number of amides is 1. The number of imidazole rings is 1. The van der Waals surface area contributed by atoms with E-state index in [1.807, 2.05) is 48.5 Å². The molecule has 2 aromatic carbocycles. The number of aryl methyl sites for hydroxylation is 1. The van der Waals surface area contributed by atoms with Crippen molar-refractivity contribution in [3.05, 3.63) is 77.3 Å². The summed E-state index contributed by atoms with van der Waals surface area (Å²) in [6.45, 7) is 2.51. The highest BCUT2D eigenvalue weighted by Crippen LogP contribution is 2.19. The van der Waals surface area contributed by atoms with Gasteiger partial charge >= 0.3 is 11.7 Å². The van der Waals surface area contributed by atoms with Crippen molar-refractivity contribution in [3.8, 4) is 11.4 Å². The van der Waals surface area contributed by atoms with E-state index in [1.54, 1.807) is 18.1 Å². The fourth-order valence-corrected chi connectivity index (χ4v) is 3.96. The quantitative estimate of drug-likeness (QED) is 0.504. The number of para-hydroxylation sites is 1. The lowest BCUT2D eigenvalue weighted by Crippen LogP contribution is -2.51. The van der Waals surface area contributed by atoms with Crippen molar-refractivity contribution >= 4 is 22.9 Å². The molecule has 0 spiro atoms. The Bertz CT molecular complexity index is 1290. The fourth-order valence-electron chi connectivity index (χ4n) is 3.96. The highest BCUT2D eigenvalue weighted by Gasteiger charge is 2.26. The number of hydrogen-bond donors (Lipinski definition) is 0. The Morgan fingerprint density at radius 1 is 0.903 bits per heavy atom. The van der Waals surface area contributed by atoms with Gasteiger partial charge in [0.2, 0.25) is 0 Å². The van der Waals surface area contributed by atoms with Crippen molar-refractivity contribution in [1.82, 2.24) is 24.0 Å². The van der Waals surface area contributed by atoms with Gasteiger partial charge in [0.25, 0.3) is 0 Å². The summed E-state index contributed by atoms with van der Waals surface area (Å²) in [6.07, 6.45) is 1.56. The number of carbonyl (C=O) groups is 1. The Kier molecular flexibility index (Phi) is 4.74. The second kappa shape index (κ2) is 7.71. The third-order valence-corrected chi connectivity index (χ3v) is 5.68. The molecule has 8 nitrogen and oxygen atoms in total. The van der Waals surface area contributed by atoms with Gasteiger partial charge in [-0.3, -0.25) is 4.57 Å². The van der Waals surface area contributed by atoms with Gasteiger partial charge < -0.3 is 9.80 Å². The van der Waals surface area contributed by atoms with Gasteiger partial charge in [-0.1, -0.05) is 48.5 Å². The lowest BCUT2D eigenvalue weighted by Gasteiger charge is -2.35. The number of hydrogen-bond acceptors (Lipinski definition) is 5. The summed E-state index contributed by atoms with van der Waals surface area (Å²) in [5.74, 6) is 0.518. The Labute approximate surface area is 179 Å². The molecule has 0 radical (unpaired) electrons. The van der Waals surface area contributed by atoms with Gasteiger partial charge in [0.1, 0.15) is 5.52 Å². The first-order chi connectivity index (χ1) is 15.1. The van der Waals surface area contributed by atoms with Crippen LogP contribution in [0, 0.1) is 0 Å². The van der Waals surface area contributed by atoms with Crippen LogP contribution in [0.1, 0.15) is 0 Å². The maximum atomic E-state index is 13.2. The minimum Gasteiger partial charge on any atom is -0.368 e. The van der Waals surface area contributed by atoms with E-state index in [0.717, 1.165) is 11.3 Å². The van der Waals surface area contributed by atoms with Crippen molar-refractivity contribution in [2.24, 2.45) is 7.05 Å². The Balaban J connectivity index is 1.43. The molecule has 4 aromatic rings. The summed E-state index contributed by atoms with van der Waals surface area (Å²) in [5, 5.41) is 0. The summed E-state index contributed by atoms with van der Waals surface area (Å²) < 4.78 is 2.59. The Morgan fingerprint density at radius 2 is 1.55 bits per heavy atom. The van der Waals surface area contributed by atoms with E-state index in [4.69, 9.17) is 0 Å². The average Bonchev–Trinajstić information content (AvgIpc) is 3.09. The van der Waals surface area contributed by atoms with Crippen LogP contribution in [0.15, 0.2) is 71.7 Å². The standard InChI is InChI=1S/C23H22N6O2/c1-26-21-19(16-24-20(25-21)17-8-4-2-5-9-17)29(22(26)30)23(31)28-14-12-27(13-15-28)18-10-6-3-7-11-18/h2-11,16H,12-15H2,1H3. The summed E-state index contributed by atoms with van der Waals surface area (Å²) in [5.41, 5.74) is 2.44. The molecule has 156 valence electrons. The number of rotatable bonds is 2. The highest BCUT2D eigenvalue weighted by atomic mass is 16.2. The number of nitrogens with zero attached hydrogens (tertiary/aromatic N) is 6. The van der Waals surface area contributed by atoms with Crippen LogP contribution in [-0.4, -0.2) is 56.2 Å². The van der Waals surface area contributed by atoms with Crippen molar-refractivity contribution in [3.63, 3.8) is 0 Å². The van der Waals surface area contributed by atoms with Gasteiger partial charge in [-0.05, 0) is 12.1 Å². The number of benzene rings is 2. The molecule has 8 heteroatoms. The molecule has 31 heavy (non-hydrogen) atoms. The number of carbonyl (C=O) groups excluding carboxylic acids is 1. The molecule has 0 bridgehead atoms. The molecule has 1 aliphatic rings. The first kappa shape index (κ1) is 19.0. The van der Waals surface area contributed by atoms with Crippen LogP contribution < -0.4 is 10.6 Å². The monoisotopic (exact) mass is 414 g/mol. The predicted molar refractivity (Wildman–Crippen MR) is 119 cm³/mol. The number of anilines is 1. The van der Waals surface area contributed by atoms with Crippen LogP contribution in [-0.2, 0) is 7.05 Å². The zero-order chi connectivity index (χ0) is 21.4. The van der Waals surface area contributed by atoms with E-state index >= 15 is 0 Å². The zero-order valence-electron chi connectivity index (χ0n) is 17.2. The molecule has 0 atom stereocenters. The molecule has 2 aromatic heterocycles. The second-order valence-electron chi connectivity index (χ2n) is 7.54. The van der Waals surface area contributed by atoms with E-state index in [0.29, 0.717) is 43.2 Å². The van der Waals surface area contributed by atoms with Crippen LogP contribution in [0.4, 0.5) is 10.5 Å². The maximum Gasteiger partial charge on any atom is 0.338 e. The number of piperazine rings is 1. The Hall–Kier alpha value is -3.94. The van der Waals surface area contributed by atoms with Gasteiger partial charge in [0.05, 0.1) is 6.20 Å². The zero-order valence-corrected chi connectivity index (χ0v) is 17.2. The third kappa shape index (κ3) is 3.35. The van der Waals surface area contributed by atoms with E-state index in [9.17, 15) is 9.59 Å². The molecule has 0 unspecified atom stereocenters. The third-order valence-electron chi connectivity index (χ3n) is 5.68. The molecular weight excluding hydrogens is 392 g/mol. The van der Waals surface area contributed by atoms with Crippen molar-refractivity contribution in [2.75, 3.05) is 31.1 Å². The predicted octanol–water partition coefficient (Wildman–Crippen LogP) is 2.59. The fraction of sp³-hybridized carbons (Fsp3) is 0.217. The second-order valence-corrected chi connectivity index (χ2v) is 7.54. The lowest BCUT2D eigenvalue weighted by atomic mass is 10.2. The van der Waals surface area contributed by atoms with Crippen molar-refractivity contribution < 1.29 is 4.79 Å². The summed E-state index contributed by atoms with van der Waals surface area (Å²) in [7, 11) is 1.63. The van der Waals surface area contributed by atoms with Crippen LogP contribution in [0.25, 0.3) is 22.6 Å². The molecular formula is C23H22N6O2. The summed E-state index contributed by atoms with van der Waals surface area (Å²) in [6, 6.07) is 19.4.